The van der Waals surface area contributed by atoms with E-state index in [0.717, 1.165) is 38.9 Å². The van der Waals surface area contributed by atoms with E-state index < -0.39 is 10.2 Å². The molecule has 0 aliphatic heterocycles. The molecule has 0 aromatic rings. The minimum atomic E-state index is -3.32. The van der Waals surface area contributed by atoms with Crippen LogP contribution in [0.25, 0.3) is 0 Å². The summed E-state index contributed by atoms with van der Waals surface area (Å²) < 4.78 is 28.0. The first-order valence-electron chi connectivity index (χ1n) is 7.93. The average molecular weight is 323 g/mol. The lowest BCUT2D eigenvalue weighted by Crippen LogP contribution is -2.40. The van der Waals surface area contributed by atoms with Gasteiger partial charge in [0.2, 0.25) is 0 Å². The van der Waals surface area contributed by atoms with E-state index in [1.807, 2.05) is 6.92 Å². The molecule has 21 heavy (non-hydrogen) atoms. The Morgan fingerprint density at radius 1 is 1.00 bits per heavy atom. The van der Waals surface area contributed by atoms with Crippen molar-refractivity contribution in [1.82, 2.24) is 19.2 Å². The highest BCUT2D eigenvalue weighted by Crippen LogP contribution is 1.99. The quantitative estimate of drug-likeness (QED) is 0.494. The van der Waals surface area contributed by atoms with E-state index in [2.05, 4.69) is 35.8 Å². The second-order valence-electron chi connectivity index (χ2n) is 5.71. The van der Waals surface area contributed by atoms with E-state index in [9.17, 15) is 8.42 Å². The second kappa shape index (κ2) is 11.4. The molecule has 0 aliphatic carbocycles. The molecule has 0 bridgehead atoms. The Balaban J connectivity index is 3.81. The fourth-order valence-corrected chi connectivity index (χ4v) is 2.77. The minimum absolute atomic E-state index is 0.506. The van der Waals surface area contributed by atoms with Crippen LogP contribution in [0, 0.1) is 0 Å². The largest absolute Gasteiger partial charge is 0.317 e. The van der Waals surface area contributed by atoms with Gasteiger partial charge in [-0.2, -0.15) is 12.7 Å². The fraction of sp³-hybridized carbons (Fsp3) is 1.00. The van der Waals surface area contributed by atoms with Crippen LogP contribution >= 0.6 is 0 Å². The fourth-order valence-electron chi connectivity index (χ4n) is 1.78. The summed E-state index contributed by atoms with van der Waals surface area (Å²) in [5.41, 5.74) is 0. The Morgan fingerprint density at radius 3 is 2.24 bits per heavy atom. The van der Waals surface area contributed by atoms with Crippen LogP contribution in [0.2, 0.25) is 0 Å². The van der Waals surface area contributed by atoms with Crippen LogP contribution in [0.3, 0.4) is 0 Å². The topological polar surface area (TPSA) is 64.7 Å². The van der Waals surface area contributed by atoms with Crippen molar-refractivity contribution in [1.29, 1.82) is 0 Å². The van der Waals surface area contributed by atoms with Crippen molar-refractivity contribution >= 4 is 10.2 Å². The van der Waals surface area contributed by atoms with Crippen molar-refractivity contribution in [2.45, 2.75) is 46.1 Å². The first kappa shape index (κ1) is 20.8. The van der Waals surface area contributed by atoms with Crippen molar-refractivity contribution in [3.05, 3.63) is 0 Å². The van der Waals surface area contributed by atoms with Gasteiger partial charge >= 0.3 is 0 Å². The van der Waals surface area contributed by atoms with Crippen LogP contribution in [0.4, 0.5) is 0 Å². The molecule has 2 N–H and O–H groups in total. The molecule has 0 atom stereocenters. The Labute approximate surface area is 131 Å². The van der Waals surface area contributed by atoms with Crippen molar-refractivity contribution in [2.24, 2.45) is 0 Å². The zero-order valence-electron chi connectivity index (χ0n) is 14.4. The van der Waals surface area contributed by atoms with Crippen molar-refractivity contribution < 1.29 is 8.42 Å². The second-order valence-corrected chi connectivity index (χ2v) is 7.57. The van der Waals surface area contributed by atoms with Crippen molar-refractivity contribution in [3.8, 4) is 0 Å². The molecule has 0 saturated heterocycles. The third-order valence-electron chi connectivity index (χ3n) is 3.59. The molecule has 0 amide bonds. The van der Waals surface area contributed by atoms with Gasteiger partial charge in [-0.25, -0.2) is 4.72 Å². The van der Waals surface area contributed by atoms with Crippen LogP contribution in [0.1, 0.15) is 40.0 Å². The highest BCUT2D eigenvalue weighted by atomic mass is 32.2. The molecular formula is C14H34N4O2S. The molecular weight excluding hydrogens is 288 g/mol. The smallest absolute Gasteiger partial charge is 0.279 e. The van der Waals surface area contributed by atoms with E-state index in [1.165, 1.54) is 4.31 Å². The Bertz CT molecular complexity index is 347. The molecule has 6 nitrogen and oxygen atoms in total. The third kappa shape index (κ3) is 10.2. The van der Waals surface area contributed by atoms with Crippen molar-refractivity contribution in [2.75, 3.05) is 46.8 Å². The van der Waals surface area contributed by atoms with Gasteiger partial charge in [0.25, 0.3) is 10.2 Å². The Hall–Kier alpha value is -0.210. The summed E-state index contributed by atoms with van der Waals surface area (Å²) in [5, 5.41) is 3.19. The molecule has 0 aromatic heterocycles. The Kier molecular flexibility index (Phi) is 11.3. The lowest BCUT2D eigenvalue weighted by atomic mass is 10.2. The van der Waals surface area contributed by atoms with Crippen LogP contribution in [0.15, 0.2) is 0 Å². The van der Waals surface area contributed by atoms with Crippen LogP contribution < -0.4 is 10.0 Å². The first-order chi connectivity index (χ1) is 9.81. The number of hydrogen-bond donors (Lipinski definition) is 2. The summed E-state index contributed by atoms with van der Waals surface area (Å²) in [4.78, 5) is 2.27. The predicted molar refractivity (Wildman–Crippen MR) is 89.7 cm³/mol. The molecule has 0 unspecified atom stereocenters. The lowest BCUT2D eigenvalue weighted by Gasteiger charge is -2.21. The highest BCUT2D eigenvalue weighted by Gasteiger charge is 2.15. The number of rotatable bonds is 13. The monoisotopic (exact) mass is 322 g/mol. The summed E-state index contributed by atoms with van der Waals surface area (Å²) in [7, 11) is 0.393. The number of unbranched alkanes of at least 4 members (excludes halogenated alkanes) is 1. The summed E-state index contributed by atoms with van der Waals surface area (Å²) >= 11 is 0. The maximum Gasteiger partial charge on any atom is 0.279 e. The van der Waals surface area contributed by atoms with E-state index >= 15 is 0 Å². The molecule has 0 heterocycles. The van der Waals surface area contributed by atoms with Gasteiger partial charge in [0.1, 0.15) is 0 Å². The maximum absolute atomic E-state index is 12.0. The summed E-state index contributed by atoms with van der Waals surface area (Å²) in [6.07, 6.45) is 2.69. The molecule has 0 saturated carbocycles. The SMILES string of the molecule is CCNCCCN(C)S(=O)(=O)NCCCCN(C)C(C)C. The molecule has 0 spiro atoms. The Morgan fingerprint density at radius 2 is 1.67 bits per heavy atom. The number of nitrogens with zero attached hydrogens (tertiary/aromatic N) is 2. The predicted octanol–water partition coefficient (Wildman–Crippen LogP) is 0.873. The van der Waals surface area contributed by atoms with Gasteiger partial charge in [-0.3, -0.25) is 0 Å². The van der Waals surface area contributed by atoms with E-state index in [4.69, 9.17) is 0 Å². The maximum atomic E-state index is 12.0. The van der Waals surface area contributed by atoms with Gasteiger partial charge in [0.15, 0.2) is 0 Å². The third-order valence-corrected chi connectivity index (χ3v) is 5.16. The van der Waals surface area contributed by atoms with Gasteiger partial charge in [-0.05, 0) is 59.8 Å². The van der Waals surface area contributed by atoms with Crippen LogP contribution in [-0.4, -0.2) is 70.5 Å². The molecule has 0 rings (SSSR count). The zero-order valence-corrected chi connectivity index (χ0v) is 15.2. The van der Waals surface area contributed by atoms with Gasteiger partial charge in [-0.15, -0.1) is 0 Å². The standard InChI is InChI=1S/C14H34N4O2S/c1-6-15-10-9-13-18(5)21(19,20)16-11-7-8-12-17(4)14(2)3/h14-16H,6-13H2,1-5H3. The first-order valence-corrected chi connectivity index (χ1v) is 9.37. The molecule has 0 aromatic carbocycles. The van der Waals surface area contributed by atoms with E-state index in [1.54, 1.807) is 7.05 Å². The lowest BCUT2D eigenvalue weighted by molar-refractivity contribution is 0.268. The van der Waals surface area contributed by atoms with Gasteiger partial charge in [-0.1, -0.05) is 6.92 Å². The van der Waals surface area contributed by atoms with Crippen LogP contribution in [0.5, 0.6) is 0 Å². The summed E-state index contributed by atoms with van der Waals surface area (Å²) in [6, 6.07) is 0.532. The normalized spacial score (nSPS) is 12.8. The van der Waals surface area contributed by atoms with Gasteiger partial charge in [0, 0.05) is 26.2 Å². The molecule has 128 valence electrons. The molecule has 0 fully saturated rings. The number of nitrogens with one attached hydrogen (secondary N) is 2. The minimum Gasteiger partial charge on any atom is -0.317 e. The average Bonchev–Trinajstić information content (AvgIpc) is 2.42. The summed E-state index contributed by atoms with van der Waals surface area (Å²) in [5.74, 6) is 0. The van der Waals surface area contributed by atoms with Crippen molar-refractivity contribution in [3.63, 3.8) is 0 Å². The van der Waals surface area contributed by atoms with Gasteiger partial charge in [0.05, 0.1) is 0 Å². The van der Waals surface area contributed by atoms with Gasteiger partial charge < -0.3 is 10.2 Å². The molecule has 7 heteroatoms. The molecule has 0 aliphatic rings. The van der Waals surface area contributed by atoms with E-state index in [0.29, 0.717) is 19.1 Å². The summed E-state index contributed by atoms with van der Waals surface area (Å²) in [6.45, 7) is 10.2. The molecule has 0 radical (unpaired) electrons. The highest BCUT2D eigenvalue weighted by molar-refractivity contribution is 7.87. The van der Waals surface area contributed by atoms with Crippen LogP contribution in [-0.2, 0) is 10.2 Å². The number of hydrogen-bond acceptors (Lipinski definition) is 4. The zero-order chi connectivity index (χ0) is 16.3. The van der Waals surface area contributed by atoms with E-state index in [-0.39, 0.29) is 0 Å².